The number of nitrogens with one attached hydrogen (secondary N) is 1. The van der Waals surface area contributed by atoms with E-state index in [1.165, 1.54) is 18.3 Å². The molecule has 0 saturated carbocycles. The molecule has 0 bridgehead atoms. The molecule has 10 heteroatoms. The van der Waals surface area contributed by atoms with Crippen LogP contribution in [0.4, 0.5) is 5.69 Å². The number of para-hydroxylation sites is 1. The maximum Gasteiger partial charge on any atom is 0.272 e. The molecule has 0 unspecified atom stereocenters. The van der Waals surface area contributed by atoms with Gasteiger partial charge in [-0.05, 0) is 51.3 Å². The van der Waals surface area contributed by atoms with E-state index in [1.54, 1.807) is 30.3 Å². The lowest BCUT2D eigenvalue weighted by atomic mass is 10.0. The molecule has 0 fully saturated rings. The van der Waals surface area contributed by atoms with Gasteiger partial charge in [0.15, 0.2) is 5.75 Å². The van der Waals surface area contributed by atoms with Crippen molar-refractivity contribution in [1.29, 1.82) is 0 Å². The molecular weight excluding hydrogens is 596 g/mol. The normalized spacial score (nSPS) is 11.1. The second-order valence-electron chi connectivity index (χ2n) is 8.67. The average Bonchev–Trinajstić information content (AvgIpc) is 2.96. The molecule has 0 spiro atoms. The largest absolute Gasteiger partial charge is 0.486 e. The molecule has 0 saturated heterocycles. The number of nitrogens with zero attached hydrogens (tertiary/aromatic N) is 3. The first-order valence-corrected chi connectivity index (χ1v) is 13.2. The van der Waals surface area contributed by atoms with Gasteiger partial charge in [-0.1, -0.05) is 72.3 Å². The van der Waals surface area contributed by atoms with Gasteiger partial charge in [-0.3, -0.25) is 14.9 Å². The van der Waals surface area contributed by atoms with Gasteiger partial charge >= 0.3 is 0 Å². The Hall–Kier alpha value is -4.60. The first-order valence-electron chi connectivity index (χ1n) is 12.0. The number of nitro groups is 1. The van der Waals surface area contributed by atoms with E-state index in [1.807, 2.05) is 54.6 Å². The number of carbonyl (C=O) groups is 1. The van der Waals surface area contributed by atoms with Gasteiger partial charge in [-0.2, -0.15) is 5.10 Å². The number of benzene rings is 4. The third kappa shape index (κ3) is 6.17. The zero-order valence-corrected chi connectivity index (χ0v) is 23.1. The van der Waals surface area contributed by atoms with Crippen LogP contribution < -0.4 is 10.2 Å². The van der Waals surface area contributed by atoms with Crippen molar-refractivity contribution in [2.75, 3.05) is 0 Å². The SMILES string of the molecule is O=C(N/N=C/c1cc(Cl)c(OCc2cccc([N+](=O)[O-])c2)c(Br)c1)c1cc(-c2ccccc2)nc2ccccc12. The summed E-state index contributed by atoms with van der Waals surface area (Å²) in [5, 5.41) is 16.2. The van der Waals surface area contributed by atoms with Crippen LogP contribution in [0.25, 0.3) is 22.2 Å². The number of nitro benzene ring substituents is 1. The minimum Gasteiger partial charge on any atom is -0.486 e. The van der Waals surface area contributed by atoms with Gasteiger partial charge in [0.05, 0.1) is 37.4 Å². The Morgan fingerprint density at radius 2 is 1.80 bits per heavy atom. The van der Waals surface area contributed by atoms with Crippen LogP contribution in [0.15, 0.2) is 107 Å². The highest BCUT2D eigenvalue weighted by atomic mass is 79.9. The zero-order chi connectivity index (χ0) is 28.1. The molecule has 1 aromatic heterocycles. The quantitative estimate of drug-likeness (QED) is 0.110. The van der Waals surface area contributed by atoms with Gasteiger partial charge in [0.2, 0.25) is 0 Å². The molecule has 4 aromatic carbocycles. The summed E-state index contributed by atoms with van der Waals surface area (Å²) in [7, 11) is 0. The molecule has 0 aliphatic heterocycles. The van der Waals surface area contributed by atoms with E-state index in [4.69, 9.17) is 21.3 Å². The Kier molecular flexibility index (Phi) is 8.14. The summed E-state index contributed by atoms with van der Waals surface area (Å²) in [6.45, 7) is 0.0916. The summed E-state index contributed by atoms with van der Waals surface area (Å²) in [6.07, 6.45) is 1.47. The van der Waals surface area contributed by atoms with E-state index in [2.05, 4.69) is 26.5 Å². The molecule has 0 atom stereocenters. The predicted molar refractivity (Wildman–Crippen MR) is 159 cm³/mol. The lowest BCUT2D eigenvalue weighted by molar-refractivity contribution is -0.384. The van der Waals surface area contributed by atoms with E-state index in [0.717, 1.165) is 5.56 Å². The monoisotopic (exact) mass is 614 g/mol. The number of non-ortho nitro benzene ring substituents is 1. The van der Waals surface area contributed by atoms with Crippen LogP contribution in [-0.2, 0) is 6.61 Å². The molecule has 5 rings (SSSR count). The molecular formula is C30H20BrClN4O4. The van der Waals surface area contributed by atoms with E-state index >= 15 is 0 Å². The van der Waals surface area contributed by atoms with Crippen molar-refractivity contribution in [2.45, 2.75) is 6.61 Å². The number of ether oxygens (including phenoxy) is 1. The molecule has 1 heterocycles. The van der Waals surface area contributed by atoms with E-state index < -0.39 is 4.92 Å². The molecule has 40 heavy (non-hydrogen) atoms. The number of aromatic nitrogens is 1. The highest BCUT2D eigenvalue weighted by Gasteiger charge is 2.14. The second kappa shape index (κ2) is 12.1. The number of hydrazone groups is 1. The highest BCUT2D eigenvalue weighted by molar-refractivity contribution is 9.10. The van der Waals surface area contributed by atoms with Crippen molar-refractivity contribution in [2.24, 2.45) is 5.10 Å². The molecule has 198 valence electrons. The fourth-order valence-electron chi connectivity index (χ4n) is 4.05. The minimum atomic E-state index is -0.460. The number of halogens is 2. The number of rotatable bonds is 8. The van der Waals surface area contributed by atoms with Crippen LogP contribution in [0.5, 0.6) is 5.75 Å². The van der Waals surface area contributed by atoms with Crippen molar-refractivity contribution in [3.8, 4) is 17.0 Å². The fourth-order valence-corrected chi connectivity index (χ4v) is 5.04. The molecule has 8 nitrogen and oxygen atoms in total. The summed E-state index contributed by atoms with van der Waals surface area (Å²) >= 11 is 9.89. The Labute approximate surface area is 242 Å². The van der Waals surface area contributed by atoms with Gasteiger partial charge in [0.1, 0.15) is 6.61 Å². The van der Waals surface area contributed by atoms with Crippen LogP contribution in [0, 0.1) is 10.1 Å². The van der Waals surface area contributed by atoms with E-state index in [0.29, 0.717) is 48.5 Å². The number of carbonyl (C=O) groups excluding carboxylic acids is 1. The Morgan fingerprint density at radius 1 is 1.02 bits per heavy atom. The average molecular weight is 616 g/mol. The van der Waals surface area contributed by atoms with Crippen LogP contribution in [0.2, 0.25) is 5.02 Å². The van der Waals surface area contributed by atoms with Crippen molar-refractivity contribution < 1.29 is 14.5 Å². The zero-order valence-electron chi connectivity index (χ0n) is 20.8. The minimum absolute atomic E-state index is 0.0177. The lowest BCUT2D eigenvalue weighted by Gasteiger charge is -2.11. The maximum atomic E-state index is 13.2. The van der Waals surface area contributed by atoms with Crippen LogP contribution in [0.1, 0.15) is 21.5 Å². The highest BCUT2D eigenvalue weighted by Crippen LogP contribution is 2.35. The fraction of sp³-hybridized carbons (Fsp3) is 0.0333. The summed E-state index contributed by atoms with van der Waals surface area (Å²) in [5.74, 6) is 0.000145. The summed E-state index contributed by atoms with van der Waals surface area (Å²) < 4.78 is 6.37. The van der Waals surface area contributed by atoms with Gasteiger partial charge in [0, 0.05) is 23.1 Å². The van der Waals surface area contributed by atoms with E-state index in [-0.39, 0.29) is 18.2 Å². The van der Waals surface area contributed by atoms with Gasteiger partial charge in [0.25, 0.3) is 11.6 Å². The Balaban J connectivity index is 1.31. The summed E-state index contributed by atoms with van der Waals surface area (Å²) in [6, 6.07) is 28.4. The molecule has 0 radical (unpaired) electrons. The standard InChI is InChI=1S/C30H20BrClN4O4/c31-25-14-20(15-26(32)29(25)40-18-19-7-6-10-22(13-19)36(38)39)17-33-35-30(37)24-16-28(21-8-2-1-3-9-21)34-27-12-5-4-11-23(24)27/h1-17H,18H2,(H,35,37)/b33-17+. The van der Waals surface area contributed by atoms with Crippen LogP contribution in [0.3, 0.4) is 0 Å². The molecule has 5 aromatic rings. The van der Waals surface area contributed by atoms with Gasteiger partial charge < -0.3 is 4.74 Å². The predicted octanol–water partition coefficient (Wildman–Crippen LogP) is 7.57. The van der Waals surface area contributed by atoms with Crippen LogP contribution in [-0.4, -0.2) is 22.0 Å². The molecule has 0 aliphatic carbocycles. The number of hydrogen-bond acceptors (Lipinski definition) is 6. The summed E-state index contributed by atoms with van der Waals surface area (Å²) in [4.78, 5) is 28.4. The first kappa shape index (κ1) is 27.0. The topological polar surface area (TPSA) is 107 Å². The van der Waals surface area contributed by atoms with Gasteiger partial charge in [-0.25, -0.2) is 10.4 Å². The lowest BCUT2D eigenvalue weighted by Crippen LogP contribution is -2.18. The van der Waals surface area contributed by atoms with Crippen molar-refractivity contribution in [1.82, 2.24) is 10.4 Å². The third-order valence-corrected chi connectivity index (χ3v) is 6.81. The number of amides is 1. The van der Waals surface area contributed by atoms with Gasteiger partial charge in [-0.15, -0.1) is 0 Å². The smallest absolute Gasteiger partial charge is 0.272 e. The molecule has 0 aliphatic rings. The van der Waals surface area contributed by atoms with Crippen molar-refractivity contribution >= 4 is 56.2 Å². The first-order chi connectivity index (χ1) is 19.4. The number of pyridine rings is 1. The number of fused-ring (bicyclic) bond motifs is 1. The second-order valence-corrected chi connectivity index (χ2v) is 9.93. The van der Waals surface area contributed by atoms with Crippen LogP contribution >= 0.6 is 27.5 Å². The molecule has 1 amide bonds. The molecule has 1 N–H and O–H groups in total. The maximum absolute atomic E-state index is 13.2. The van der Waals surface area contributed by atoms with Crippen molar-refractivity contribution in [3.63, 3.8) is 0 Å². The summed E-state index contributed by atoms with van der Waals surface area (Å²) in [5.41, 5.74) is 6.56. The third-order valence-electron chi connectivity index (χ3n) is 5.94. The Bertz CT molecular complexity index is 1740. The Morgan fingerprint density at radius 3 is 2.58 bits per heavy atom. The van der Waals surface area contributed by atoms with E-state index in [9.17, 15) is 14.9 Å². The van der Waals surface area contributed by atoms with Crippen molar-refractivity contribution in [3.05, 3.63) is 133 Å². The number of hydrogen-bond donors (Lipinski definition) is 1.